The van der Waals surface area contributed by atoms with Gasteiger partial charge in [0.25, 0.3) is 0 Å². The fourth-order valence-corrected chi connectivity index (χ4v) is 5.96. The van der Waals surface area contributed by atoms with Crippen molar-refractivity contribution in [1.82, 2.24) is 20.2 Å². The van der Waals surface area contributed by atoms with E-state index in [4.69, 9.17) is 9.97 Å². The van der Waals surface area contributed by atoms with Gasteiger partial charge in [-0.1, -0.05) is 18.2 Å². The minimum absolute atomic E-state index is 0.0121. The van der Waals surface area contributed by atoms with Gasteiger partial charge in [0.05, 0.1) is 18.0 Å². The molecule has 8 nitrogen and oxygen atoms in total. The maximum atomic E-state index is 12.8. The van der Waals surface area contributed by atoms with Crippen LogP contribution in [0.25, 0.3) is 10.9 Å². The maximum Gasteiger partial charge on any atom is 0.225 e. The SMILES string of the molecule is CN(C)c1nc(N[C@H]2CC[C@@H](CNC(=O)C3CC(=O)N(Cc4cccs4)C3)CC2)nc2ccccc12. The van der Waals surface area contributed by atoms with Gasteiger partial charge in [0.15, 0.2) is 0 Å². The van der Waals surface area contributed by atoms with Gasteiger partial charge in [-0.15, -0.1) is 11.3 Å². The highest BCUT2D eigenvalue weighted by Crippen LogP contribution is 2.29. The monoisotopic (exact) mass is 506 g/mol. The van der Waals surface area contributed by atoms with Crippen LogP contribution in [-0.4, -0.2) is 59.9 Å². The van der Waals surface area contributed by atoms with Crippen LogP contribution in [-0.2, 0) is 16.1 Å². The number of benzene rings is 1. The lowest BCUT2D eigenvalue weighted by atomic mass is 9.86. The fraction of sp³-hybridized carbons (Fsp3) is 0.481. The van der Waals surface area contributed by atoms with Gasteiger partial charge in [-0.25, -0.2) is 4.98 Å². The Balaban J connectivity index is 1.08. The van der Waals surface area contributed by atoms with Crippen LogP contribution in [0.1, 0.15) is 37.0 Å². The Bertz CT molecular complexity index is 1210. The van der Waals surface area contributed by atoms with Crippen molar-refractivity contribution in [2.45, 2.75) is 44.7 Å². The summed E-state index contributed by atoms with van der Waals surface area (Å²) >= 11 is 1.64. The van der Waals surface area contributed by atoms with Crippen LogP contribution in [0.15, 0.2) is 41.8 Å². The van der Waals surface area contributed by atoms with Gasteiger partial charge in [0.1, 0.15) is 5.82 Å². The Hall–Kier alpha value is -3.20. The number of aromatic nitrogens is 2. The van der Waals surface area contributed by atoms with Crippen molar-refractivity contribution in [3.63, 3.8) is 0 Å². The highest BCUT2D eigenvalue weighted by Gasteiger charge is 2.34. The molecule has 2 aromatic heterocycles. The number of anilines is 2. The van der Waals surface area contributed by atoms with Crippen molar-refractivity contribution in [1.29, 1.82) is 0 Å². The zero-order chi connectivity index (χ0) is 25.1. The molecule has 0 radical (unpaired) electrons. The summed E-state index contributed by atoms with van der Waals surface area (Å²) in [6.45, 7) is 1.80. The van der Waals surface area contributed by atoms with Crippen LogP contribution in [0.4, 0.5) is 11.8 Å². The van der Waals surface area contributed by atoms with Crippen LogP contribution >= 0.6 is 11.3 Å². The third-order valence-corrected chi connectivity index (χ3v) is 8.12. The topological polar surface area (TPSA) is 90.5 Å². The number of fused-ring (bicyclic) bond motifs is 1. The molecule has 5 rings (SSSR count). The lowest BCUT2D eigenvalue weighted by Crippen LogP contribution is -2.37. The van der Waals surface area contributed by atoms with Gasteiger partial charge in [-0.3, -0.25) is 9.59 Å². The zero-order valence-electron chi connectivity index (χ0n) is 20.9. The van der Waals surface area contributed by atoms with Crippen LogP contribution < -0.4 is 15.5 Å². The van der Waals surface area contributed by atoms with Gasteiger partial charge in [-0.2, -0.15) is 4.98 Å². The molecule has 2 aliphatic rings. The van der Waals surface area contributed by atoms with E-state index < -0.39 is 0 Å². The minimum Gasteiger partial charge on any atom is -0.362 e. The van der Waals surface area contributed by atoms with Crippen LogP contribution in [0.3, 0.4) is 0 Å². The first kappa shape index (κ1) is 24.5. The molecule has 3 aromatic rings. The Morgan fingerprint density at radius 1 is 1.11 bits per heavy atom. The van der Waals surface area contributed by atoms with E-state index >= 15 is 0 Å². The fourth-order valence-electron chi connectivity index (χ4n) is 5.24. The summed E-state index contributed by atoms with van der Waals surface area (Å²) in [7, 11) is 4.00. The summed E-state index contributed by atoms with van der Waals surface area (Å²) in [4.78, 5) is 39.6. The molecule has 2 fully saturated rings. The average Bonchev–Trinajstić information content (AvgIpc) is 3.53. The molecule has 1 aromatic carbocycles. The molecule has 1 saturated heterocycles. The molecule has 2 amide bonds. The first-order chi connectivity index (χ1) is 17.5. The van der Waals surface area contributed by atoms with Gasteiger partial charge in [0, 0.05) is 49.9 Å². The maximum absolute atomic E-state index is 12.8. The smallest absolute Gasteiger partial charge is 0.225 e. The summed E-state index contributed by atoms with van der Waals surface area (Å²) < 4.78 is 0. The third kappa shape index (κ3) is 5.61. The van der Waals surface area contributed by atoms with Crippen molar-refractivity contribution in [2.75, 3.05) is 37.4 Å². The number of nitrogens with zero attached hydrogens (tertiary/aromatic N) is 4. The predicted molar refractivity (Wildman–Crippen MR) is 144 cm³/mol. The van der Waals surface area contributed by atoms with Crippen LogP contribution in [0.2, 0.25) is 0 Å². The standard InChI is InChI=1S/C27H34N6O2S/c1-32(2)25-22-7-3-4-8-23(22)30-27(31-25)29-20-11-9-18(10-12-20)15-28-26(35)19-14-24(34)33(16-19)17-21-6-5-13-36-21/h3-8,13,18-20H,9-12,14-17H2,1-2H3,(H,28,35)(H,29,30,31)/t18-,19?,20+. The van der Waals surface area contributed by atoms with Crippen molar-refractivity contribution in [2.24, 2.45) is 11.8 Å². The Kier molecular flexibility index (Phi) is 7.36. The van der Waals surface area contributed by atoms with E-state index in [0.29, 0.717) is 44.0 Å². The van der Waals surface area contributed by atoms with Gasteiger partial charge >= 0.3 is 0 Å². The molecule has 1 saturated carbocycles. The molecule has 2 N–H and O–H groups in total. The quantitative estimate of drug-likeness (QED) is 0.482. The second kappa shape index (κ2) is 10.8. The van der Waals surface area contributed by atoms with Gasteiger partial charge in [-0.05, 0) is 55.2 Å². The number of thiophene rings is 1. The number of carbonyl (C=O) groups excluding carboxylic acids is 2. The van der Waals surface area contributed by atoms with Crippen molar-refractivity contribution in [3.05, 3.63) is 46.7 Å². The van der Waals surface area contributed by atoms with E-state index in [2.05, 4.69) is 16.7 Å². The van der Waals surface area contributed by atoms with Gasteiger partial charge < -0.3 is 20.4 Å². The number of nitrogens with one attached hydrogen (secondary N) is 2. The molecule has 1 atom stereocenters. The van der Waals surface area contributed by atoms with Crippen LogP contribution in [0.5, 0.6) is 0 Å². The molecule has 1 unspecified atom stereocenters. The molecule has 1 aliphatic carbocycles. The first-order valence-corrected chi connectivity index (χ1v) is 13.6. The van der Waals surface area contributed by atoms with E-state index in [1.165, 1.54) is 0 Å². The highest BCUT2D eigenvalue weighted by molar-refractivity contribution is 7.09. The summed E-state index contributed by atoms with van der Waals surface area (Å²) in [6.07, 6.45) is 4.43. The number of amides is 2. The number of hydrogen-bond donors (Lipinski definition) is 2. The summed E-state index contributed by atoms with van der Waals surface area (Å²) in [5.41, 5.74) is 0.939. The normalized spacial score (nSPS) is 22.1. The third-order valence-electron chi connectivity index (χ3n) is 7.26. The van der Waals surface area contributed by atoms with Gasteiger partial charge in [0.2, 0.25) is 17.8 Å². The molecular weight excluding hydrogens is 472 g/mol. The van der Waals surface area contributed by atoms with Crippen molar-refractivity contribution >= 4 is 45.8 Å². The Morgan fingerprint density at radius 2 is 1.92 bits per heavy atom. The van der Waals surface area contributed by atoms with Crippen LogP contribution in [0, 0.1) is 11.8 Å². The number of rotatable bonds is 8. The summed E-state index contributed by atoms with van der Waals surface area (Å²) in [5.74, 6) is 1.89. The van der Waals surface area contributed by atoms with E-state index in [-0.39, 0.29) is 17.7 Å². The lowest BCUT2D eigenvalue weighted by Gasteiger charge is -2.29. The molecular formula is C27H34N6O2S. The van der Waals surface area contributed by atoms with Crippen molar-refractivity contribution < 1.29 is 9.59 Å². The highest BCUT2D eigenvalue weighted by atomic mass is 32.1. The van der Waals surface area contributed by atoms with Crippen molar-refractivity contribution in [3.8, 4) is 0 Å². The predicted octanol–water partition coefficient (Wildman–Crippen LogP) is 3.89. The first-order valence-electron chi connectivity index (χ1n) is 12.7. The average molecular weight is 507 g/mol. The summed E-state index contributed by atoms with van der Waals surface area (Å²) in [5, 5.41) is 9.74. The number of para-hydroxylation sites is 1. The van der Waals surface area contributed by atoms with E-state index in [9.17, 15) is 9.59 Å². The second-order valence-electron chi connectivity index (χ2n) is 10.1. The molecule has 0 bridgehead atoms. The number of likely N-dealkylation sites (tertiary alicyclic amines) is 1. The number of carbonyl (C=O) groups is 2. The summed E-state index contributed by atoms with van der Waals surface area (Å²) in [6, 6.07) is 12.4. The second-order valence-corrected chi connectivity index (χ2v) is 11.2. The lowest BCUT2D eigenvalue weighted by molar-refractivity contribution is -0.129. The Labute approximate surface area is 216 Å². The molecule has 36 heavy (non-hydrogen) atoms. The van der Waals surface area contributed by atoms with E-state index in [0.717, 1.165) is 47.3 Å². The van der Waals surface area contributed by atoms with E-state index in [1.54, 1.807) is 11.3 Å². The largest absolute Gasteiger partial charge is 0.362 e. The molecule has 9 heteroatoms. The molecule has 3 heterocycles. The molecule has 0 spiro atoms. The molecule has 190 valence electrons. The number of hydrogen-bond acceptors (Lipinski definition) is 7. The van der Waals surface area contributed by atoms with E-state index in [1.807, 2.05) is 59.6 Å². The Morgan fingerprint density at radius 3 is 2.67 bits per heavy atom. The molecule has 1 aliphatic heterocycles. The minimum atomic E-state index is -0.244. The zero-order valence-corrected chi connectivity index (χ0v) is 21.8.